The maximum Gasteiger partial charge on any atom is 0.247 e. The fourth-order valence-electron chi connectivity index (χ4n) is 3.32. The lowest BCUT2D eigenvalue weighted by Gasteiger charge is -2.26. The lowest BCUT2D eigenvalue weighted by Crippen LogP contribution is -2.43. The summed E-state index contributed by atoms with van der Waals surface area (Å²) in [5.74, 6) is 0.751. The lowest BCUT2D eigenvalue weighted by molar-refractivity contribution is -0.133. The predicted octanol–water partition coefficient (Wildman–Crippen LogP) is 2.12. The summed E-state index contributed by atoms with van der Waals surface area (Å²) in [7, 11) is 0. The predicted molar refractivity (Wildman–Crippen MR) is 94.2 cm³/mol. The van der Waals surface area contributed by atoms with Gasteiger partial charge < -0.3 is 20.1 Å². The van der Waals surface area contributed by atoms with E-state index in [-0.39, 0.29) is 18.5 Å². The molecule has 6 heteroatoms. The lowest BCUT2D eigenvalue weighted by atomic mass is 10.1. The highest BCUT2D eigenvalue weighted by molar-refractivity contribution is 5.94. The SMILES string of the molecule is NC(=O)CN(C(=O)/C=C/c1ccc2c(c1)OCCCO2)C1CCCC1. The van der Waals surface area contributed by atoms with E-state index in [1.165, 1.54) is 6.08 Å². The van der Waals surface area contributed by atoms with Gasteiger partial charge in [-0.15, -0.1) is 0 Å². The number of nitrogens with two attached hydrogens (primary N) is 1. The summed E-state index contributed by atoms with van der Waals surface area (Å²) in [6.45, 7) is 1.23. The maximum absolute atomic E-state index is 12.6. The molecule has 0 radical (unpaired) electrons. The first kappa shape index (κ1) is 17.3. The topological polar surface area (TPSA) is 81.9 Å². The molecule has 0 bridgehead atoms. The number of hydrogen-bond donors (Lipinski definition) is 1. The molecule has 1 aromatic carbocycles. The Labute approximate surface area is 147 Å². The summed E-state index contributed by atoms with van der Waals surface area (Å²) >= 11 is 0. The number of primary amides is 1. The van der Waals surface area contributed by atoms with Crippen LogP contribution in [-0.2, 0) is 9.59 Å². The second-order valence-corrected chi connectivity index (χ2v) is 6.46. The van der Waals surface area contributed by atoms with Crippen LogP contribution in [0.15, 0.2) is 24.3 Å². The molecule has 1 saturated carbocycles. The highest BCUT2D eigenvalue weighted by Gasteiger charge is 2.26. The zero-order chi connectivity index (χ0) is 17.6. The van der Waals surface area contributed by atoms with E-state index in [9.17, 15) is 9.59 Å². The van der Waals surface area contributed by atoms with Gasteiger partial charge in [-0.3, -0.25) is 9.59 Å². The van der Waals surface area contributed by atoms with Gasteiger partial charge in [0, 0.05) is 18.5 Å². The van der Waals surface area contributed by atoms with E-state index in [2.05, 4.69) is 0 Å². The first-order valence-electron chi connectivity index (χ1n) is 8.80. The molecule has 1 heterocycles. The summed E-state index contributed by atoms with van der Waals surface area (Å²) in [6, 6.07) is 5.69. The first-order chi connectivity index (χ1) is 12.1. The van der Waals surface area contributed by atoms with Crippen molar-refractivity contribution in [2.24, 2.45) is 5.73 Å². The number of hydrogen-bond acceptors (Lipinski definition) is 4. The molecule has 2 aliphatic rings. The van der Waals surface area contributed by atoms with Gasteiger partial charge in [0.25, 0.3) is 0 Å². The Morgan fingerprint density at radius 2 is 1.84 bits per heavy atom. The second-order valence-electron chi connectivity index (χ2n) is 6.46. The van der Waals surface area contributed by atoms with E-state index in [1.807, 2.05) is 18.2 Å². The van der Waals surface area contributed by atoms with Crippen molar-refractivity contribution in [2.75, 3.05) is 19.8 Å². The fraction of sp³-hybridized carbons (Fsp3) is 0.474. The Balaban J connectivity index is 1.71. The van der Waals surface area contributed by atoms with Gasteiger partial charge in [0.05, 0.1) is 19.8 Å². The third kappa shape index (κ3) is 4.53. The van der Waals surface area contributed by atoms with Gasteiger partial charge in [0.15, 0.2) is 11.5 Å². The van der Waals surface area contributed by atoms with E-state index < -0.39 is 5.91 Å². The van der Waals surface area contributed by atoms with Crippen LogP contribution in [0.25, 0.3) is 6.08 Å². The van der Waals surface area contributed by atoms with E-state index >= 15 is 0 Å². The molecular weight excluding hydrogens is 320 g/mol. The van der Waals surface area contributed by atoms with Crippen molar-refractivity contribution in [3.05, 3.63) is 29.8 Å². The minimum atomic E-state index is -0.482. The van der Waals surface area contributed by atoms with E-state index in [1.54, 1.807) is 11.0 Å². The van der Waals surface area contributed by atoms with Crippen molar-refractivity contribution < 1.29 is 19.1 Å². The van der Waals surface area contributed by atoms with Crippen molar-refractivity contribution >= 4 is 17.9 Å². The molecule has 3 rings (SSSR count). The van der Waals surface area contributed by atoms with Crippen LogP contribution < -0.4 is 15.2 Å². The van der Waals surface area contributed by atoms with Gasteiger partial charge in [0.2, 0.25) is 11.8 Å². The Morgan fingerprint density at radius 3 is 2.56 bits per heavy atom. The van der Waals surface area contributed by atoms with Gasteiger partial charge in [-0.2, -0.15) is 0 Å². The number of fused-ring (bicyclic) bond motifs is 1. The monoisotopic (exact) mass is 344 g/mol. The Bertz CT molecular complexity index is 665. The molecule has 0 saturated heterocycles. The fourth-order valence-corrected chi connectivity index (χ4v) is 3.32. The molecule has 1 fully saturated rings. The molecule has 2 N–H and O–H groups in total. The van der Waals surface area contributed by atoms with Gasteiger partial charge in [-0.1, -0.05) is 18.9 Å². The van der Waals surface area contributed by atoms with Crippen molar-refractivity contribution in [1.29, 1.82) is 0 Å². The number of benzene rings is 1. The van der Waals surface area contributed by atoms with Gasteiger partial charge in [-0.05, 0) is 36.6 Å². The van der Waals surface area contributed by atoms with E-state index in [0.29, 0.717) is 19.0 Å². The molecule has 0 unspecified atom stereocenters. The van der Waals surface area contributed by atoms with Crippen LogP contribution in [-0.4, -0.2) is 42.5 Å². The molecule has 1 aliphatic heterocycles. The van der Waals surface area contributed by atoms with Crippen LogP contribution in [0, 0.1) is 0 Å². The number of nitrogens with zero attached hydrogens (tertiary/aromatic N) is 1. The minimum absolute atomic E-state index is 0.0328. The zero-order valence-corrected chi connectivity index (χ0v) is 14.3. The maximum atomic E-state index is 12.6. The van der Waals surface area contributed by atoms with E-state index in [4.69, 9.17) is 15.2 Å². The average Bonchev–Trinajstić information content (AvgIpc) is 3.02. The van der Waals surface area contributed by atoms with Crippen molar-refractivity contribution in [3.8, 4) is 11.5 Å². The van der Waals surface area contributed by atoms with E-state index in [0.717, 1.165) is 43.4 Å². The van der Waals surface area contributed by atoms with Crippen LogP contribution in [0.5, 0.6) is 11.5 Å². The summed E-state index contributed by atoms with van der Waals surface area (Å²) in [4.78, 5) is 25.5. The van der Waals surface area contributed by atoms with Crippen molar-refractivity contribution in [1.82, 2.24) is 4.90 Å². The largest absolute Gasteiger partial charge is 0.490 e. The van der Waals surface area contributed by atoms with Crippen LogP contribution in [0.1, 0.15) is 37.7 Å². The summed E-state index contributed by atoms with van der Waals surface area (Å²) in [5.41, 5.74) is 6.16. The summed E-state index contributed by atoms with van der Waals surface area (Å²) < 4.78 is 11.3. The molecule has 6 nitrogen and oxygen atoms in total. The Morgan fingerprint density at radius 1 is 1.12 bits per heavy atom. The Hall–Kier alpha value is -2.50. The molecule has 1 aromatic rings. The highest BCUT2D eigenvalue weighted by Crippen LogP contribution is 2.31. The van der Waals surface area contributed by atoms with Gasteiger partial charge >= 0.3 is 0 Å². The second kappa shape index (κ2) is 8.05. The van der Waals surface area contributed by atoms with Crippen LogP contribution >= 0.6 is 0 Å². The third-order valence-corrected chi connectivity index (χ3v) is 4.56. The number of ether oxygens (including phenoxy) is 2. The molecule has 2 amide bonds. The van der Waals surface area contributed by atoms with Crippen molar-refractivity contribution in [2.45, 2.75) is 38.1 Å². The zero-order valence-electron chi connectivity index (χ0n) is 14.3. The number of amides is 2. The number of carbonyl (C=O) groups excluding carboxylic acids is 2. The smallest absolute Gasteiger partial charge is 0.247 e. The normalized spacial score (nSPS) is 17.4. The summed E-state index contributed by atoms with van der Waals surface area (Å²) in [5, 5.41) is 0. The molecule has 134 valence electrons. The standard InChI is InChI=1S/C19H24N2O4/c20-18(22)13-21(15-4-1-2-5-15)19(23)9-7-14-6-8-16-17(12-14)25-11-3-10-24-16/h6-9,12,15H,1-5,10-11,13H2,(H2,20,22)/b9-7+. The quantitative estimate of drug-likeness (QED) is 0.830. The van der Waals surface area contributed by atoms with Crippen molar-refractivity contribution in [3.63, 3.8) is 0 Å². The number of carbonyl (C=O) groups is 2. The third-order valence-electron chi connectivity index (χ3n) is 4.56. The first-order valence-corrected chi connectivity index (χ1v) is 8.80. The molecule has 25 heavy (non-hydrogen) atoms. The summed E-state index contributed by atoms with van der Waals surface area (Å²) in [6.07, 6.45) is 8.11. The molecule has 0 spiro atoms. The van der Waals surface area contributed by atoms with Crippen LogP contribution in [0.2, 0.25) is 0 Å². The van der Waals surface area contributed by atoms with Gasteiger partial charge in [-0.25, -0.2) is 0 Å². The Kier molecular flexibility index (Phi) is 5.58. The minimum Gasteiger partial charge on any atom is -0.490 e. The van der Waals surface area contributed by atoms with Crippen LogP contribution in [0.3, 0.4) is 0 Å². The highest BCUT2D eigenvalue weighted by atomic mass is 16.5. The van der Waals surface area contributed by atoms with Crippen LogP contribution in [0.4, 0.5) is 0 Å². The average molecular weight is 344 g/mol. The molecule has 1 aliphatic carbocycles. The number of rotatable bonds is 5. The molecule has 0 atom stereocenters. The molecule has 0 aromatic heterocycles. The van der Waals surface area contributed by atoms with Gasteiger partial charge in [0.1, 0.15) is 0 Å². The molecular formula is C19H24N2O4.